The van der Waals surface area contributed by atoms with E-state index in [0.717, 1.165) is 5.69 Å². The molecule has 1 fully saturated rings. The van der Waals surface area contributed by atoms with E-state index in [0.29, 0.717) is 25.6 Å². The molecule has 0 aliphatic carbocycles. The van der Waals surface area contributed by atoms with Crippen LogP contribution in [0.5, 0.6) is 0 Å². The van der Waals surface area contributed by atoms with Crippen LogP contribution in [0.15, 0.2) is 24.3 Å². The fraction of sp³-hybridized carbons (Fsp3) is 0.533. The summed E-state index contributed by atoms with van der Waals surface area (Å²) in [6.07, 6.45) is -0.372. The minimum Gasteiger partial charge on any atom is -0.365 e. The maximum Gasteiger partial charge on any atom is 0.257 e. The second-order valence-electron chi connectivity index (χ2n) is 5.15. The predicted octanol–water partition coefficient (Wildman–Crippen LogP) is 1.76. The van der Waals surface area contributed by atoms with Crippen LogP contribution in [-0.2, 0) is 9.53 Å². The first-order valence-electron chi connectivity index (χ1n) is 6.81. The first kappa shape index (κ1) is 14.0. The SMILES string of the molecule is CNCC1OCCN(c2ccc(C(C)C)cc2)C1=O. The fourth-order valence-electron chi connectivity index (χ4n) is 2.27. The Kier molecular flexibility index (Phi) is 4.56. The van der Waals surface area contributed by atoms with E-state index >= 15 is 0 Å². The number of ether oxygens (including phenoxy) is 1. The highest BCUT2D eigenvalue weighted by Crippen LogP contribution is 2.22. The van der Waals surface area contributed by atoms with Crippen LogP contribution >= 0.6 is 0 Å². The van der Waals surface area contributed by atoms with Crippen LogP contribution in [0.4, 0.5) is 5.69 Å². The number of anilines is 1. The number of hydrogen-bond acceptors (Lipinski definition) is 3. The fourth-order valence-corrected chi connectivity index (χ4v) is 2.27. The number of rotatable bonds is 4. The first-order chi connectivity index (χ1) is 9.13. The third-order valence-electron chi connectivity index (χ3n) is 3.44. The van der Waals surface area contributed by atoms with Crippen molar-refractivity contribution in [1.29, 1.82) is 0 Å². The molecule has 0 radical (unpaired) electrons. The highest BCUT2D eigenvalue weighted by Gasteiger charge is 2.29. The second-order valence-corrected chi connectivity index (χ2v) is 5.15. The molecule has 19 heavy (non-hydrogen) atoms. The molecule has 4 heteroatoms. The van der Waals surface area contributed by atoms with Gasteiger partial charge in [-0.3, -0.25) is 4.79 Å². The molecule has 1 saturated heterocycles. The van der Waals surface area contributed by atoms with Gasteiger partial charge in [0.2, 0.25) is 0 Å². The summed E-state index contributed by atoms with van der Waals surface area (Å²) in [5, 5.41) is 2.99. The van der Waals surface area contributed by atoms with Gasteiger partial charge in [0.25, 0.3) is 5.91 Å². The van der Waals surface area contributed by atoms with Crippen molar-refractivity contribution < 1.29 is 9.53 Å². The average Bonchev–Trinajstić information content (AvgIpc) is 2.41. The number of carbonyl (C=O) groups is 1. The summed E-state index contributed by atoms with van der Waals surface area (Å²) < 4.78 is 5.49. The van der Waals surface area contributed by atoms with Crippen LogP contribution in [0.25, 0.3) is 0 Å². The van der Waals surface area contributed by atoms with E-state index in [1.807, 2.05) is 24.1 Å². The van der Waals surface area contributed by atoms with Crippen molar-refractivity contribution in [3.63, 3.8) is 0 Å². The zero-order valence-electron chi connectivity index (χ0n) is 11.8. The molecule has 1 heterocycles. The van der Waals surface area contributed by atoms with Crippen LogP contribution in [0, 0.1) is 0 Å². The molecule has 0 saturated carbocycles. The van der Waals surface area contributed by atoms with E-state index < -0.39 is 0 Å². The lowest BCUT2D eigenvalue weighted by molar-refractivity contribution is -0.133. The van der Waals surface area contributed by atoms with Gasteiger partial charge >= 0.3 is 0 Å². The lowest BCUT2D eigenvalue weighted by Crippen LogP contribution is -2.51. The van der Waals surface area contributed by atoms with Crippen molar-refractivity contribution in [2.24, 2.45) is 0 Å². The van der Waals surface area contributed by atoms with E-state index in [2.05, 4.69) is 31.3 Å². The zero-order valence-corrected chi connectivity index (χ0v) is 11.8. The first-order valence-corrected chi connectivity index (χ1v) is 6.81. The molecule has 1 N–H and O–H groups in total. The molecule has 1 atom stereocenters. The topological polar surface area (TPSA) is 41.6 Å². The van der Waals surface area contributed by atoms with E-state index in [1.54, 1.807) is 0 Å². The van der Waals surface area contributed by atoms with Crippen LogP contribution in [0.1, 0.15) is 25.3 Å². The minimum atomic E-state index is -0.372. The molecule has 0 bridgehead atoms. The molecule has 1 aliphatic rings. The summed E-state index contributed by atoms with van der Waals surface area (Å²) in [7, 11) is 1.83. The molecule has 0 aromatic heterocycles. The van der Waals surface area contributed by atoms with Crippen molar-refractivity contribution >= 4 is 11.6 Å². The number of hydrogen-bond donors (Lipinski definition) is 1. The summed E-state index contributed by atoms with van der Waals surface area (Å²) in [6.45, 7) is 6.10. The Morgan fingerprint density at radius 2 is 2.05 bits per heavy atom. The lowest BCUT2D eigenvalue weighted by atomic mass is 10.0. The Bertz CT molecular complexity index is 426. The Morgan fingerprint density at radius 3 is 2.63 bits per heavy atom. The normalized spacial score (nSPS) is 20.1. The number of amides is 1. The molecule has 104 valence electrons. The Labute approximate surface area is 114 Å². The smallest absolute Gasteiger partial charge is 0.257 e. The summed E-state index contributed by atoms with van der Waals surface area (Å²) in [5.41, 5.74) is 2.25. The van der Waals surface area contributed by atoms with Crippen LogP contribution in [-0.4, -0.2) is 38.8 Å². The number of carbonyl (C=O) groups excluding carboxylic acids is 1. The van der Waals surface area contributed by atoms with Crippen molar-refractivity contribution in [1.82, 2.24) is 5.32 Å². The highest BCUT2D eigenvalue weighted by molar-refractivity contribution is 5.97. The van der Waals surface area contributed by atoms with Crippen molar-refractivity contribution in [3.05, 3.63) is 29.8 Å². The molecule has 1 aromatic rings. The number of morpholine rings is 1. The van der Waals surface area contributed by atoms with Crippen LogP contribution in [0.2, 0.25) is 0 Å². The standard InChI is InChI=1S/C15H22N2O2/c1-11(2)12-4-6-13(7-5-12)17-8-9-19-14(10-16-3)15(17)18/h4-7,11,14,16H,8-10H2,1-3H3. The molecule has 4 nitrogen and oxygen atoms in total. The van der Waals surface area contributed by atoms with Gasteiger partial charge in [-0.25, -0.2) is 0 Å². The van der Waals surface area contributed by atoms with Crippen LogP contribution < -0.4 is 10.2 Å². The van der Waals surface area contributed by atoms with Gasteiger partial charge in [0.15, 0.2) is 0 Å². The third-order valence-corrected chi connectivity index (χ3v) is 3.44. The lowest BCUT2D eigenvalue weighted by Gasteiger charge is -2.32. The molecular formula is C15H22N2O2. The molecule has 0 spiro atoms. The maximum atomic E-state index is 12.3. The quantitative estimate of drug-likeness (QED) is 0.899. The summed E-state index contributed by atoms with van der Waals surface area (Å²) in [4.78, 5) is 14.1. The largest absolute Gasteiger partial charge is 0.365 e. The Balaban J connectivity index is 2.14. The third kappa shape index (κ3) is 3.14. The molecule has 1 aromatic carbocycles. The molecule has 1 unspecified atom stereocenters. The summed E-state index contributed by atoms with van der Waals surface area (Å²) in [6, 6.07) is 8.23. The van der Waals surface area contributed by atoms with E-state index in [-0.39, 0.29) is 12.0 Å². The Morgan fingerprint density at radius 1 is 1.37 bits per heavy atom. The van der Waals surface area contributed by atoms with Gasteiger partial charge in [-0.15, -0.1) is 0 Å². The minimum absolute atomic E-state index is 0.0397. The predicted molar refractivity (Wildman–Crippen MR) is 76.6 cm³/mol. The Hall–Kier alpha value is -1.39. The van der Waals surface area contributed by atoms with Gasteiger partial charge in [0.1, 0.15) is 6.10 Å². The van der Waals surface area contributed by atoms with Gasteiger partial charge in [0.05, 0.1) is 6.61 Å². The zero-order chi connectivity index (χ0) is 13.8. The molecule has 2 rings (SSSR count). The van der Waals surface area contributed by atoms with E-state index in [4.69, 9.17) is 4.74 Å². The number of likely N-dealkylation sites (N-methyl/N-ethyl adjacent to an activating group) is 1. The molecule has 1 aliphatic heterocycles. The second kappa shape index (κ2) is 6.17. The van der Waals surface area contributed by atoms with Gasteiger partial charge in [0, 0.05) is 18.8 Å². The number of nitrogens with one attached hydrogen (secondary N) is 1. The highest BCUT2D eigenvalue weighted by atomic mass is 16.5. The van der Waals surface area contributed by atoms with Crippen molar-refractivity contribution in [2.75, 3.05) is 31.6 Å². The van der Waals surface area contributed by atoms with E-state index in [1.165, 1.54) is 5.56 Å². The molecule has 1 amide bonds. The monoisotopic (exact) mass is 262 g/mol. The summed E-state index contributed by atoms with van der Waals surface area (Å²) in [5.74, 6) is 0.546. The molecular weight excluding hydrogens is 240 g/mol. The number of benzene rings is 1. The number of nitrogens with zero attached hydrogens (tertiary/aromatic N) is 1. The van der Waals surface area contributed by atoms with Gasteiger partial charge in [-0.2, -0.15) is 0 Å². The van der Waals surface area contributed by atoms with E-state index in [9.17, 15) is 4.79 Å². The van der Waals surface area contributed by atoms with Crippen molar-refractivity contribution in [3.8, 4) is 0 Å². The summed E-state index contributed by atoms with van der Waals surface area (Å²) >= 11 is 0. The van der Waals surface area contributed by atoms with Gasteiger partial charge in [-0.1, -0.05) is 26.0 Å². The van der Waals surface area contributed by atoms with Crippen LogP contribution in [0.3, 0.4) is 0 Å². The maximum absolute atomic E-state index is 12.3. The average molecular weight is 262 g/mol. The van der Waals surface area contributed by atoms with Gasteiger partial charge in [-0.05, 0) is 30.7 Å². The van der Waals surface area contributed by atoms with Crippen molar-refractivity contribution in [2.45, 2.75) is 25.9 Å². The van der Waals surface area contributed by atoms with Gasteiger partial charge < -0.3 is 15.0 Å².